The predicted octanol–water partition coefficient (Wildman–Crippen LogP) is 1.37. The molecule has 1 aromatic heterocycles. The van der Waals surface area contributed by atoms with Crippen molar-refractivity contribution in [1.82, 2.24) is 20.0 Å². The van der Waals surface area contributed by atoms with Gasteiger partial charge in [-0.2, -0.15) is 5.10 Å². The van der Waals surface area contributed by atoms with Crippen molar-refractivity contribution in [1.29, 1.82) is 0 Å². The van der Waals surface area contributed by atoms with Gasteiger partial charge in [-0.05, 0) is 20.6 Å². The van der Waals surface area contributed by atoms with Crippen molar-refractivity contribution in [2.75, 3.05) is 34.3 Å². The number of rotatable bonds is 8. The summed E-state index contributed by atoms with van der Waals surface area (Å²) >= 11 is 0. The first kappa shape index (κ1) is 15.8. The number of hydrogen-bond acceptors (Lipinski definition) is 4. The highest BCUT2D eigenvalue weighted by Gasteiger charge is 2.28. The maximum Gasteiger partial charge on any atom is 0.259 e. The fourth-order valence-corrected chi connectivity index (χ4v) is 1.85. The van der Waals surface area contributed by atoms with Crippen molar-refractivity contribution in [2.24, 2.45) is 0 Å². The van der Waals surface area contributed by atoms with E-state index in [2.05, 4.69) is 10.4 Å². The molecular weight excluding hydrogens is 254 g/mol. The minimum atomic E-state index is -2.51. The van der Waals surface area contributed by atoms with Gasteiger partial charge in [0, 0.05) is 6.54 Å². The molecule has 19 heavy (non-hydrogen) atoms. The number of alkyl halides is 2. The van der Waals surface area contributed by atoms with E-state index in [1.165, 1.54) is 13.3 Å². The van der Waals surface area contributed by atoms with Crippen LogP contribution in [-0.4, -0.2) is 55.4 Å². The standard InChI is InChI=1S/C12H22F2N4O/c1-5-15-10(12(13)14)11-9(19-4)8-16-18(11)7-6-17(2)3/h8,10,12,15H,5-7H2,1-4H3. The minimum Gasteiger partial charge on any atom is -0.493 e. The Morgan fingerprint density at radius 1 is 1.47 bits per heavy atom. The molecule has 5 nitrogen and oxygen atoms in total. The number of ether oxygens (including phenoxy) is 1. The SMILES string of the molecule is CCNC(c1c(OC)cnn1CCN(C)C)C(F)F. The van der Waals surface area contributed by atoms with E-state index in [0.717, 1.165) is 6.54 Å². The van der Waals surface area contributed by atoms with E-state index in [4.69, 9.17) is 4.74 Å². The van der Waals surface area contributed by atoms with Gasteiger partial charge in [-0.3, -0.25) is 4.68 Å². The molecule has 0 radical (unpaired) electrons. The van der Waals surface area contributed by atoms with E-state index in [-0.39, 0.29) is 0 Å². The highest BCUT2D eigenvalue weighted by Crippen LogP contribution is 2.29. The lowest BCUT2D eigenvalue weighted by Crippen LogP contribution is -2.31. The molecule has 0 aliphatic carbocycles. The summed E-state index contributed by atoms with van der Waals surface area (Å²) in [6, 6.07) is -1.07. The summed E-state index contributed by atoms with van der Waals surface area (Å²) in [5.41, 5.74) is 0.404. The van der Waals surface area contributed by atoms with E-state index in [0.29, 0.717) is 24.5 Å². The first-order valence-electron chi connectivity index (χ1n) is 6.27. The third-order valence-corrected chi connectivity index (χ3v) is 2.79. The van der Waals surface area contributed by atoms with Gasteiger partial charge in [-0.1, -0.05) is 6.92 Å². The Balaban J connectivity index is 3.02. The Labute approximate surface area is 112 Å². The van der Waals surface area contributed by atoms with Gasteiger partial charge in [0.15, 0.2) is 5.75 Å². The van der Waals surface area contributed by atoms with E-state index >= 15 is 0 Å². The van der Waals surface area contributed by atoms with Gasteiger partial charge in [0.1, 0.15) is 11.7 Å². The molecule has 0 bridgehead atoms. The maximum absolute atomic E-state index is 13.2. The number of halogens is 2. The Kier molecular flexibility index (Phi) is 6.17. The zero-order valence-corrected chi connectivity index (χ0v) is 11.9. The molecule has 0 spiro atoms. The second-order valence-electron chi connectivity index (χ2n) is 4.49. The Morgan fingerprint density at radius 3 is 2.63 bits per heavy atom. The Morgan fingerprint density at radius 2 is 2.16 bits per heavy atom. The van der Waals surface area contributed by atoms with Crippen molar-refractivity contribution in [2.45, 2.75) is 25.9 Å². The number of methoxy groups -OCH3 is 1. The molecule has 1 atom stereocenters. The lowest BCUT2D eigenvalue weighted by Gasteiger charge is -2.20. The summed E-state index contributed by atoms with van der Waals surface area (Å²) in [6.45, 7) is 3.51. The Hall–Kier alpha value is -1.21. The first-order chi connectivity index (χ1) is 9.01. The van der Waals surface area contributed by atoms with Crippen LogP contribution < -0.4 is 10.1 Å². The molecule has 1 N–H and O–H groups in total. The van der Waals surface area contributed by atoms with Crippen LogP contribution in [0.25, 0.3) is 0 Å². The molecule has 7 heteroatoms. The lowest BCUT2D eigenvalue weighted by atomic mass is 10.2. The summed E-state index contributed by atoms with van der Waals surface area (Å²) in [6.07, 6.45) is -1.03. The first-order valence-corrected chi connectivity index (χ1v) is 6.27. The highest BCUT2D eigenvalue weighted by atomic mass is 19.3. The summed E-state index contributed by atoms with van der Waals surface area (Å²) in [7, 11) is 5.32. The van der Waals surface area contributed by atoms with Crippen molar-refractivity contribution in [3.63, 3.8) is 0 Å². The molecule has 0 fully saturated rings. The van der Waals surface area contributed by atoms with Crippen LogP contribution in [0, 0.1) is 0 Å². The van der Waals surface area contributed by atoms with E-state index in [1.807, 2.05) is 19.0 Å². The van der Waals surface area contributed by atoms with Gasteiger partial charge >= 0.3 is 0 Å². The quantitative estimate of drug-likeness (QED) is 0.778. The molecule has 0 saturated carbocycles. The van der Waals surface area contributed by atoms with Crippen molar-refractivity contribution in [3.8, 4) is 5.75 Å². The molecule has 0 aromatic carbocycles. The monoisotopic (exact) mass is 276 g/mol. The van der Waals surface area contributed by atoms with Crippen molar-refractivity contribution in [3.05, 3.63) is 11.9 Å². The fraction of sp³-hybridized carbons (Fsp3) is 0.750. The lowest BCUT2D eigenvalue weighted by molar-refractivity contribution is 0.0933. The smallest absolute Gasteiger partial charge is 0.259 e. The second kappa shape index (κ2) is 7.40. The Bertz CT molecular complexity index is 382. The summed E-state index contributed by atoms with van der Waals surface area (Å²) in [4.78, 5) is 1.97. The third kappa shape index (κ3) is 4.14. The van der Waals surface area contributed by atoms with Crippen LogP contribution in [0.5, 0.6) is 5.75 Å². The van der Waals surface area contributed by atoms with Crippen LogP contribution >= 0.6 is 0 Å². The molecule has 0 aliphatic heterocycles. The van der Waals surface area contributed by atoms with Crippen LogP contribution in [-0.2, 0) is 6.54 Å². The molecular formula is C12H22F2N4O. The van der Waals surface area contributed by atoms with E-state index in [9.17, 15) is 8.78 Å². The van der Waals surface area contributed by atoms with Gasteiger partial charge in [0.2, 0.25) is 0 Å². The number of aromatic nitrogens is 2. The zero-order valence-electron chi connectivity index (χ0n) is 11.9. The average Bonchev–Trinajstić information content (AvgIpc) is 2.75. The molecule has 0 saturated heterocycles. The van der Waals surface area contributed by atoms with Crippen molar-refractivity contribution < 1.29 is 13.5 Å². The van der Waals surface area contributed by atoms with Crippen LogP contribution in [0.3, 0.4) is 0 Å². The summed E-state index contributed by atoms with van der Waals surface area (Å²) in [5, 5.41) is 6.92. The molecule has 1 heterocycles. The van der Waals surface area contributed by atoms with E-state index in [1.54, 1.807) is 11.6 Å². The normalized spacial score (nSPS) is 13.3. The average molecular weight is 276 g/mol. The van der Waals surface area contributed by atoms with Gasteiger partial charge in [-0.15, -0.1) is 0 Å². The fourth-order valence-electron chi connectivity index (χ4n) is 1.85. The van der Waals surface area contributed by atoms with Gasteiger partial charge in [0.25, 0.3) is 6.43 Å². The van der Waals surface area contributed by atoms with Crippen molar-refractivity contribution >= 4 is 0 Å². The largest absolute Gasteiger partial charge is 0.493 e. The molecule has 1 aromatic rings. The molecule has 0 amide bonds. The number of likely N-dealkylation sites (N-methyl/N-ethyl adjacent to an activating group) is 1. The van der Waals surface area contributed by atoms with E-state index < -0.39 is 12.5 Å². The predicted molar refractivity (Wildman–Crippen MR) is 69.8 cm³/mol. The summed E-state index contributed by atoms with van der Waals surface area (Å²) < 4.78 is 33.1. The highest BCUT2D eigenvalue weighted by molar-refractivity contribution is 5.29. The summed E-state index contributed by atoms with van der Waals surface area (Å²) in [5.74, 6) is 0.394. The minimum absolute atomic E-state index is 0.394. The molecule has 0 aliphatic rings. The van der Waals surface area contributed by atoms with Crippen LogP contribution in [0.4, 0.5) is 8.78 Å². The van der Waals surface area contributed by atoms with Crippen LogP contribution in [0.2, 0.25) is 0 Å². The molecule has 1 unspecified atom stereocenters. The molecule has 1 rings (SSSR count). The number of hydrogen-bond donors (Lipinski definition) is 1. The van der Waals surface area contributed by atoms with Gasteiger partial charge in [0.05, 0.1) is 19.9 Å². The van der Waals surface area contributed by atoms with Gasteiger partial charge < -0.3 is 15.0 Å². The second-order valence-corrected chi connectivity index (χ2v) is 4.49. The zero-order chi connectivity index (χ0) is 14.4. The maximum atomic E-state index is 13.2. The third-order valence-electron chi connectivity index (χ3n) is 2.79. The van der Waals surface area contributed by atoms with Crippen LogP contribution in [0.15, 0.2) is 6.20 Å². The number of nitrogens with one attached hydrogen (secondary N) is 1. The molecule has 110 valence electrons. The van der Waals surface area contributed by atoms with Gasteiger partial charge in [-0.25, -0.2) is 8.78 Å². The number of nitrogens with zero attached hydrogens (tertiary/aromatic N) is 3. The van der Waals surface area contributed by atoms with Crippen LogP contribution in [0.1, 0.15) is 18.7 Å². The topological polar surface area (TPSA) is 42.3 Å².